The van der Waals surface area contributed by atoms with Crippen molar-refractivity contribution in [3.8, 4) is 6.07 Å². The van der Waals surface area contributed by atoms with Crippen molar-refractivity contribution in [2.45, 2.75) is 26.3 Å². The molecule has 4 nitrogen and oxygen atoms in total. The first-order valence-electron chi connectivity index (χ1n) is 7.38. The van der Waals surface area contributed by atoms with Crippen LogP contribution in [0.15, 0.2) is 18.2 Å². The molecule has 1 unspecified atom stereocenters. The predicted octanol–water partition coefficient (Wildman–Crippen LogP) is 1.88. The van der Waals surface area contributed by atoms with Crippen LogP contribution in [0.5, 0.6) is 0 Å². The lowest BCUT2D eigenvalue weighted by Gasteiger charge is -2.34. The molecule has 0 spiro atoms. The first-order chi connectivity index (χ1) is 9.78. The molecular weight excluding hydrogens is 250 g/mol. The van der Waals surface area contributed by atoms with E-state index in [1.54, 1.807) is 0 Å². The van der Waals surface area contributed by atoms with E-state index in [9.17, 15) is 10.4 Å². The number of rotatable bonds is 5. The second kappa shape index (κ2) is 7.28. The van der Waals surface area contributed by atoms with Gasteiger partial charge in [0.15, 0.2) is 0 Å². The van der Waals surface area contributed by atoms with Gasteiger partial charge in [0.1, 0.15) is 6.07 Å². The van der Waals surface area contributed by atoms with Crippen molar-refractivity contribution < 1.29 is 5.11 Å². The summed E-state index contributed by atoms with van der Waals surface area (Å²) in [5.41, 5.74) is 2.88. The normalized spacial score (nSPS) is 18.9. The molecule has 20 heavy (non-hydrogen) atoms. The van der Waals surface area contributed by atoms with Crippen LogP contribution in [0, 0.1) is 17.2 Å². The van der Waals surface area contributed by atoms with Gasteiger partial charge < -0.3 is 15.3 Å². The molecule has 1 aromatic rings. The van der Waals surface area contributed by atoms with E-state index in [0.29, 0.717) is 5.92 Å². The molecule has 1 aromatic carbocycles. The minimum Gasteiger partial charge on any atom is -0.396 e. The first kappa shape index (κ1) is 14.8. The highest BCUT2D eigenvalue weighted by atomic mass is 16.3. The van der Waals surface area contributed by atoms with Crippen LogP contribution in [-0.4, -0.2) is 31.3 Å². The van der Waals surface area contributed by atoms with Crippen LogP contribution in [0.4, 0.5) is 5.69 Å². The second-order valence-corrected chi connectivity index (χ2v) is 5.38. The number of hydrogen-bond acceptors (Lipinski definition) is 4. The molecule has 1 aliphatic heterocycles. The third kappa shape index (κ3) is 3.50. The Morgan fingerprint density at radius 3 is 3.05 bits per heavy atom. The molecule has 0 aliphatic carbocycles. The van der Waals surface area contributed by atoms with Gasteiger partial charge in [-0.3, -0.25) is 0 Å². The molecule has 1 heterocycles. The lowest BCUT2D eigenvalue weighted by Crippen LogP contribution is -2.37. The van der Waals surface area contributed by atoms with Crippen LogP contribution in [-0.2, 0) is 6.54 Å². The summed E-state index contributed by atoms with van der Waals surface area (Å²) in [6.07, 6.45) is 2.16. The molecule has 2 N–H and O–H groups in total. The summed E-state index contributed by atoms with van der Waals surface area (Å²) in [7, 11) is 0. The smallest absolute Gasteiger partial charge is 0.101 e. The molecule has 0 amide bonds. The van der Waals surface area contributed by atoms with E-state index >= 15 is 0 Å². The molecule has 4 heteroatoms. The predicted molar refractivity (Wildman–Crippen MR) is 80.6 cm³/mol. The SMILES string of the molecule is CCNCc1ccc(N2CCCC(CO)C2)c(C#N)c1. The minimum absolute atomic E-state index is 0.233. The summed E-state index contributed by atoms with van der Waals surface area (Å²) < 4.78 is 0. The summed E-state index contributed by atoms with van der Waals surface area (Å²) >= 11 is 0. The van der Waals surface area contributed by atoms with Crippen molar-refractivity contribution in [1.29, 1.82) is 5.26 Å². The van der Waals surface area contributed by atoms with Crippen molar-refractivity contribution in [1.82, 2.24) is 5.32 Å². The zero-order valence-corrected chi connectivity index (χ0v) is 12.1. The summed E-state index contributed by atoms with van der Waals surface area (Å²) in [4.78, 5) is 2.24. The monoisotopic (exact) mass is 273 g/mol. The highest BCUT2D eigenvalue weighted by molar-refractivity contribution is 5.60. The van der Waals surface area contributed by atoms with Gasteiger partial charge in [-0.2, -0.15) is 5.26 Å². The quantitative estimate of drug-likeness (QED) is 0.860. The van der Waals surface area contributed by atoms with Gasteiger partial charge in [-0.05, 0) is 43.0 Å². The number of aliphatic hydroxyl groups is 1. The van der Waals surface area contributed by atoms with Crippen LogP contribution < -0.4 is 10.2 Å². The average Bonchev–Trinajstić information content (AvgIpc) is 2.52. The summed E-state index contributed by atoms with van der Waals surface area (Å²) in [5.74, 6) is 0.330. The molecule has 1 atom stereocenters. The minimum atomic E-state index is 0.233. The molecule has 0 bridgehead atoms. The van der Waals surface area contributed by atoms with E-state index in [1.165, 1.54) is 0 Å². The summed E-state index contributed by atoms with van der Waals surface area (Å²) in [6, 6.07) is 8.41. The molecule has 1 fully saturated rings. The Bertz CT molecular complexity index is 481. The third-order valence-corrected chi connectivity index (χ3v) is 3.88. The summed E-state index contributed by atoms with van der Waals surface area (Å²) in [5, 5.41) is 22.0. The fraction of sp³-hybridized carbons (Fsp3) is 0.562. The van der Waals surface area contributed by atoms with Crippen LogP contribution >= 0.6 is 0 Å². The van der Waals surface area contributed by atoms with Gasteiger partial charge in [-0.15, -0.1) is 0 Å². The number of nitriles is 1. The molecule has 0 saturated carbocycles. The molecular formula is C16H23N3O. The van der Waals surface area contributed by atoms with Gasteiger partial charge in [0.05, 0.1) is 11.3 Å². The number of anilines is 1. The van der Waals surface area contributed by atoms with E-state index in [0.717, 1.165) is 55.8 Å². The number of aliphatic hydroxyl groups excluding tert-OH is 1. The van der Waals surface area contributed by atoms with Gasteiger partial charge in [0, 0.05) is 26.2 Å². The molecule has 2 rings (SSSR count). The van der Waals surface area contributed by atoms with Crippen LogP contribution in [0.3, 0.4) is 0 Å². The van der Waals surface area contributed by atoms with Gasteiger partial charge in [0.2, 0.25) is 0 Å². The average molecular weight is 273 g/mol. The number of nitrogens with zero attached hydrogens (tertiary/aromatic N) is 2. The number of nitrogens with one attached hydrogen (secondary N) is 1. The Labute approximate surface area is 121 Å². The number of benzene rings is 1. The summed E-state index contributed by atoms with van der Waals surface area (Å²) in [6.45, 7) is 5.84. The van der Waals surface area contributed by atoms with E-state index in [2.05, 4.69) is 29.3 Å². The molecule has 1 aliphatic rings. The maximum atomic E-state index is 9.38. The Morgan fingerprint density at radius 2 is 2.35 bits per heavy atom. The highest BCUT2D eigenvalue weighted by Gasteiger charge is 2.21. The van der Waals surface area contributed by atoms with Gasteiger partial charge in [-0.1, -0.05) is 13.0 Å². The van der Waals surface area contributed by atoms with E-state index in [4.69, 9.17) is 0 Å². The lowest BCUT2D eigenvalue weighted by atomic mass is 9.97. The van der Waals surface area contributed by atoms with Crippen molar-refractivity contribution >= 4 is 5.69 Å². The van der Waals surface area contributed by atoms with Crippen molar-refractivity contribution in [3.05, 3.63) is 29.3 Å². The van der Waals surface area contributed by atoms with E-state index in [-0.39, 0.29) is 6.61 Å². The molecule has 0 aromatic heterocycles. The van der Waals surface area contributed by atoms with Crippen molar-refractivity contribution in [2.24, 2.45) is 5.92 Å². The highest BCUT2D eigenvalue weighted by Crippen LogP contribution is 2.26. The topological polar surface area (TPSA) is 59.3 Å². The second-order valence-electron chi connectivity index (χ2n) is 5.38. The standard InChI is InChI=1S/C16H23N3O/c1-2-18-10-13-5-6-16(15(8-13)9-17)19-7-3-4-14(11-19)12-20/h5-6,8,14,18,20H,2-4,7,10-12H2,1H3. The van der Waals surface area contributed by atoms with Gasteiger partial charge in [0.25, 0.3) is 0 Å². The van der Waals surface area contributed by atoms with Crippen molar-refractivity contribution in [3.63, 3.8) is 0 Å². The van der Waals surface area contributed by atoms with E-state index < -0.39 is 0 Å². The zero-order valence-electron chi connectivity index (χ0n) is 12.1. The zero-order chi connectivity index (χ0) is 14.4. The Balaban J connectivity index is 2.16. The maximum Gasteiger partial charge on any atom is 0.101 e. The molecule has 0 radical (unpaired) electrons. The Hall–Kier alpha value is -1.57. The fourth-order valence-electron chi connectivity index (χ4n) is 2.76. The Kier molecular flexibility index (Phi) is 5.40. The Morgan fingerprint density at radius 1 is 1.50 bits per heavy atom. The van der Waals surface area contributed by atoms with Crippen molar-refractivity contribution in [2.75, 3.05) is 31.1 Å². The third-order valence-electron chi connectivity index (χ3n) is 3.88. The fourth-order valence-corrected chi connectivity index (χ4v) is 2.76. The first-order valence-corrected chi connectivity index (χ1v) is 7.38. The van der Waals surface area contributed by atoms with Crippen LogP contribution in [0.25, 0.3) is 0 Å². The number of hydrogen-bond donors (Lipinski definition) is 2. The van der Waals surface area contributed by atoms with Gasteiger partial charge >= 0.3 is 0 Å². The van der Waals surface area contributed by atoms with Crippen LogP contribution in [0.1, 0.15) is 30.9 Å². The number of piperidine rings is 1. The van der Waals surface area contributed by atoms with Gasteiger partial charge in [-0.25, -0.2) is 0 Å². The van der Waals surface area contributed by atoms with E-state index in [1.807, 2.05) is 12.1 Å². The lowest BCUT2D eigenvalue weighted by molar-refractivity contribution is 0.208. The molecule has 1 saturated heterocycles. The maximum absolute atomic E-state index is 9.38. The van der Waals surface area contributed by atoms with Crippen LogP contribution in [0.2, 0.25) is 0 Å². The largest absolute Gasteiger partial charge is 0.396 e. The molecule has 108 valence electrons.